The van der Waals surface area contributed by atoms with Crippen LogP contribution in [-0.4, -0.2) is 20.2 Å². The SMILES string of the molecule is CC(C)c1cccc(-n2nn[nH]c2=O)c1I. The molecule has 0 atom stereocenters. The molecule has 0 fully saturated rings. The first-order valence-electron chi connectivity index (χ1n) is 4.90. The Hall–Kier alpha value is -1.18. The summed E-state index contributed by atoms with van der Waals surface area (Å²) in [6.07, 6.45) is 0. The molecule has 1 N–H and O–H groups in total. The lowest BCUT2D eigenvalue weighted by molar-refractivity contribution is 0.770. The molecular formula is C10H11IN4O. The highest BCUT2D eigenvalue weighted by molar-refractivity contribution is 14.1. The lowest BCUT2D eigenvalue weighted by Crippen LogP contribution is -2.17. The van der Waals surface area contributed by atoms with Gasteiger partial charge < -0.3 is 0 Å². The molecule has 6 heteroatoms. The number of nitrogens with one attached hydrogen (secondary N) is 1. The summed E-state index contributed by atoms with van der Waals surface area (Å²) in [7, 11) is 0. The molecule has 0 bridgehead atoms. The fourth-order valence-corrected chi connectivity index (χ4v) is 2.71. The fraction of sp³-hybridized carbons (Fsp3) is 0.300. The van der Waals surface area contributed by atoms with Crippen LogP contribution in [0.5, 0.6) is 0 Å². The van der Waals surface area contributed by atoms with Crippen molar-refractivity contribution < 1.29 is 0 Å². The second-order valence-electron chi connectivity index (χ2n) is 3.75. The van der Waals surface area contributed by atoms with Gasteiger partial charge in [-0.3, -0.25) is 0 Å². The number of benzene rings is 1. The van der Waals surface area contributed by atoms with Gasteiger partial charge >= 0.3 is 5.69 Å². The number of tetrazole rings is 1. The molecule has 84 valence electrons. The first-order chi connectivity index (χ1) is 7.61. The first-order valence-corrected chi connectivity index (χ1v) is 5.98. The van der Waals surface area contributed by atoms with Crippen LogP contribution >= 0.6 is 22.6 Å². The summed E-state index contributed by atoms with van der Waals surface area (Å²) in [5.41, 5.74) is 1.65. The maximum atomic E-state index is 11.4. The average Bonchev–Trinajstić information content (AvgIpc) is 2.64. The Morgan fingerprint density at radius 3 is 2.75 bits per heavy atom. The quantitative estimate of drug-likeness (QED) is 0.853. The van der Waals surface area contributed by atoms with Crippen molar-refractivity contribution in [2.75, 3.05) is 0 Å². The van der Waals surface area contributed by atoms with Crippen molar-refractivity contribution in [1.82, 2.24) is 20.2 Å². The van der Waals surface area contributed by atoms with Crippen molar-refractivity contribution in [1.29, 1.82) is 0 Å². The Balaban J connectivity index is 2.63. The maximum Gasteiger partial charge on any atom is 0.365 e. The number of aromatic nitrogens is 4. The molecule has 5 nitrogen and oxygen atoms in total. The van der Waals surface area contributed by atoms with E-state index in [1.807, 2.05) is 12.1 Å². The number of nitrogens with zero attached hydrogens (tertiary/aromatic N) is 3. The van der Waals surface area contributed by atoms with E-state index in [1.54, 1.807) is 0 Å². The minimum absolute atomic E-state index is 0.321. The van der Waals surface area contributed by atoms with Crippen LogP contribution in [0.15, 0.2) is 23.0 Å². The van der Waals surface area contributed by atoms with E-state index in [0.29, 0.717) is 5.92 Å². The average molecular weight is 330 g/mol. The minimum atomic E-state index is -0.321. The van der Waals surface area contributed by atoms with E-state index >= 15 is 0 Å². The third-order valence-corrected chi connectivity index (χ3v) is 3.51. The Bertz CT molecular complexity index is 558. The molecular weight excluding hydrogens is 319 g/mol. The van der Waals surface area contributed by atoms with Crippen LogP contribution in [0, 0.1) is 3.57 Å². The highest BCUT2D eigenvalue weighted by Gasteiger charge is 2.12. The molecule has 0 saturated carbocycles. The molecule has 2 rings (SSSR count). The Morgan fingerprint density at radius 2 is 2.19 bits per heavy atom. The lowest BCUT2D eigenvalue weighted by Gasteiger charge is -2.11. The smallest absolute Gasteiger partial charge is 0.244 e. The fourth-order valence-electron chi connectivity index (χ4n) is 1.50. The van der Waals surface area contributed by atoms with Gasteiger partial charge in [0.25, 0.3) is 0 Å². The van der Waals surface area contributed by atoms with E-state index in [9.17, 15) is 4.79 Å². The summed E-state index contributed by atoms with van der Waals surface area (Å²) in [6, 6.07) is 5.84. The second kappa shape index (κ2) is 4.36. The van der Waals surface area contributed by atoms with Crippen LogP contribution in [0.25, 0.3) is 5.69 Å². The van der Waals surface area contributed by atoms with Gasteiger partial charge in [-0.15, -0.1) is 0 Å². The number of hydrogen-bond acceptors (Lipinski definition) is 3. The highest BCUT2D eigenvalue weighted by Crippen LogP contribution is 2.25. The number of hydrogen-bond donors (Lipinski definition) is 1. The van der Waals surface area contributed by atoms with Gasteiger partial charge in [-0.2, -0.15) is 4.68 Å². The minimum Gasteiger partial charge on any atom is -0.244 e. The van der Waals surface area contributed by atoms with Crippen molar-refractivity contribution in [2.45, 2.75) is 19.8 Å². The van der Waals surface area contributed by atoms with E-state index in [1.165, 1.54) is 10.2 Å². The Labute approximate surface area is 106 Å². The van der Waals surface area contributed by atoms with E-state index in [2.05, 4.69) is 58.0 Å². The Morgan fingerprint density at radius 1 is 1.44 bits per heavy atom. The van der Waals surface area contributed by atoms with Gasteiger partial charge in [-0.1, -0.05) is 26.0 Å². The van der Waals surface area contributed by atoms with Gasteiger partial charge in [0.05, 0.1) is 5.69 Å². The third-order valence-electron chi connectivity index (χ3n) is 2.33. The molecule has 0 amide bonds. The molecule has 0 spiro atoms. The van der Waals surface area contributed by atoms with Gasteiger partial charge in [0.15, 0.2) is 0 Å². The molecule has 2 aromatic rings. The molecule has 0 aliphatic carbocycles. The predicted octanol–water partition coefficient (Wildman–Crippen LogP) is 1.68. The molecule has 16 heavy (non-hydrogen) atoms. The van der Waals surface area contributed by atoms with Crippen LogP contribution in [0.2, 0.25) is 0 Å². The van der Waals surface area contributed by atoms with Gasteiger partial charge in [0.1, 0.15) is 0 Å². The zero-order chi connectivity index (χ0) is 11.7. The summed E-state index contributed by atoms with van der Waals surface area (Å²) in [5, 5.41) is 9.51. The monoisotopic (exact) mass is 330 g/mol. The summed E-state index contributed by atoms with van der Waals surface area (Å²) < 4.78 is 2.30. The van der Waals surface area contributed by atoms with Gasteiger partial charge in [-0.05, 0) is 50.6 Å². The summed E-state index contributed by atoms with van der Waals surface area (Å²) in [5.74, 6) is 0.412. The zero-order valence-corrected chi connectivity index (χ0v) is 11.1. The molecule has 0 radical (unpaired) electrons. The van der Waals surface area contributed by atoms with Crippen molar-refractivity contribution in [3.05, 3.63) is 37.8 Å². The van der Waals surface area contributed by atoms with Gasteiger partial charge in [0, 0.05) is 3.57 Å². The van der Waals surface area contributed by atoms with E-state index in [4.69, 9.17) is 0 Å². The van der Waals surface area contributed by atoms with Crippen molar-refractivity contribution in [2.24, 2.45) is 0 Å². The molecule has 1 aromatic heterocycles. The van der Waals surface area contributed by atoms with Gasteiger partial charge in [-0.25, -0.2) is 9.89 Å². The number of aromatic amines is 1. The van der Waals surface area contributed by atoms with E-state index in [0.717, 1.165) is 9.26 Å². The van der Waals surface area contributed by atoms with Crippen molar-refractivity contribution in [3.63, 3.8) is 0 Å². The second-order valence-corrected chi connectivity index (χ2v) is 4.83. The molecule has 1 heterocycles. The van der Waals surface area contributed by atoms with Crippen LogP contribution in [0.1, 0.15) is 25.3 Å². The zero-order valence-electron chi connectivity index (χ0n) is 8.94. The lowest BCUT2D eigenvalue weighted by atomic mass is 10.0. The molecule has 0 unspecified atom stereocenters. The molecule has 0 saturated heterocycles. The van der Waals surface area contributed by atoms with Crippen molar-refractivity contribution >= 4 is 22.6 Å². The number of H-pyrrole nitrogens is 1. The standard InChI is InChI=1S/C10H11IN4O/c1-6(2)7-4-3-5-8(9(7)11)15-10(16)12-13-14-15/h3-6H,1-2H3,(H,12,14,16). The summed E-state index contributed by atoms with van der Waals surface area (Å²) >= 11 is 2.23. The Kier molecular flexibility index (Phi) is 3.08. The summed E-state index contributed by atoms with van der Waals surface area (Å²) in [4.78, 5) is 11.4. The summed E-state index contributed by atoms with van der Waals surface area (Å²) in [6.45, 7) is 4.24. The van der Waals surface area contributed by atoms with Crippen LogP contribution < -0.4 is 5.69 Å². The van der Waals surface area contributed by atoms with Gasteiger partial charge in [0.2, 0.25) is 0 Å². The van der Waals surface area contributed by atoms with Crippen LogP contribution in [-0.2, 0) is 0 Å². The van der Waals surface area contributed by atoms with Crippen molar-refractivity contribution in [3.8, 4) is 5.69 Å². The highest BCUT2D eigenvalue weighted by atomic mass is 127. The predicted molar refractivity (Wildman–Crippen MR) is 68.8 cm³/mol. The maximum absolute atomic E-state index is 11.4. The molecule has 0 aliphatic rings. The largest absolute Gasteiger partial charge is 0.365 e. The van der Waals surface area contributed by atoms with E-state index in [-0.39, 0.29) is 5.69 Å². The van der Waals surface area contributed by atoms with Crippen LogP contribution in [0.3, 0.4) is 0 Å². The third kappa shape index (κ3) is 1.89. The normalized spacial score (nSPS) is 11.0. The number of rotatable bonds is 2. The van der Waals surface area contributed by atoms with Crippen LogP contribution in [0.4, 0.5) is 0 Å². The van der Waals surface area contributed by atoms with E-state index < -0.39 is 0 Å². The topological polar surface area (TPSA) is 63.6 Å². The number of halogens is 1. The molecule has 0 aliphatic heterocycles. The first kappa shape index (κ1) is 11.3. The molecule has 1 aromatic carbocycles.